The second-order valence-electron chi connectivity index (χ2n) is 12.7. The Morgan fingerprint density at radius 1 is 1.09 bits per heavy atom. The fraction of sp³-hybridized carbons (Fsp3) is 0.793. The molecule has 7 atom stereocenters. The fourth-order valence-corrected chi connectivity index (χ4v) is 10.0. The Morgan fingerprint density at radius 3 is 2.74 bits per heavy atom. The van der Waals surface area contributed by atoms with Crippen LogP contribution >= 0.6 is 11.3 Å². The third-order valence-corrected chi connectivity index (χ3v) is 12.0. The van der Waals surface area contributed by atoms with Crippen molar-refractivity contribution < 1.29 is 4.79 Å². The molecule has 192 valence electrons. The number of anilines is 1. The SMILES string of the molecule is CN1C(=O)C=C[C@]2(C)[C@H]3CC[C@]4(C)[C@@H](c5csc(NCCN6CCCCC6)n5)CC[C@H]4[C@@H]3CC[C@@H]12. The fourth-order valence-electron chi connectivity index (χ4n) is 9.26. The molecule has 4 fully saturated rings. The van der Waals surface area contributed by atoms with Crippen molar-refractivity contribution in [2.75, 3.05) is 38.5 Å². The van der Waals surface area contributed by atoms with Crippen molar-refractivity contribution in [2.24, 2.45) is 28.6 Å². The van der Waals surface area contributed by atoms with Crippen LogP contribution < -0.4 is 5.32 Å². The first-order valence-electron chi connectivity index (χ1n) is 14.3. The smallest absolute Gasteiger partial charge is 0.246 e. The Balaban J connectivity index is 1.14. The number of carbonyl (C=O) groups excluding carboxylic acids is 1. The number of fused-ring (bicyclic) bond motifs is 5. The lowest BCUT2D eigenvalue weighted by Crippen LogP contribution is -2.59. The highest BCUT2D eigenvalue weighted by molar-refractivity contribution is 7.13. The van der Waals surface area contributed by atoms with E-state index in [-0.39, 0.29) is 11.3 Å². The quantitative estimate of drug-likeness (QED) is 0.563. The monoisotopic (exact) mass is 496 g/mol. The molecule has 5 aliphatic rings. The van der Waals surface area contributed by atoms with Gasteiger partial charge in [0, 0.05) is 42.9 Å². The third-order valence-electron chi connectivity index (χ3n) is 11.2. The summed E-state index contributed by atoms with van der Waals surface area (Å²) in [7, 11) is 2.02. The summed E-state index contributed by atoms with van der Waals surface area (Å²) in [4.78, 5) is 22.1. The van der Waals surface area contributed by atoms with E-state index in [1.807, 2.05) is 29.4 Å². The Bertz CT molecular complexity index is 970. The highest BCUT2D eigenvalue weighted by Crippen LogP contribution is 2.67. The molecule has 6 heteroatoms. The van der Waals surface area contributed by atoms with Crippen molar-refractivity contribution >= 4 is 22.4 Å². The van der Waals surface area contributed by atoms with Gasteiger partial charge in [0.2, 0.25) is 5.91 Å². The lowest BCUT2D eigenvalue weighted by Gasteiger charge is -2.60. The van der Waals surface area contributed by atoms with E-state index in [1.165, 1.54) is 70.2 Å². The van der Waals surface area contributed by atoms with E-state index >= 15 is 0 Å². The number of aromatic nitrogens is 1. The molecule has 1 saturated heterocycles. The zero-order chi connectivity index (χ0) is 24.2. The number of rotatable bonds is 5. The van der Waals surface area contributed by atoms with Gasteiger partial charge in [-0.15, -0.1) is 11.3 Å². The van der Waals surface area contributed by atoms with Gasteiger partial charge in [-0.25, -0.2) is 4.98 Å². The van der Waals surface area contributed by atoms with Crippen LogP contribution in [0.2, 0.25) is 0 Å². The number of hydrogen-bond donors (Lipinski definition) is 1. The van der Waals surface area contributed by atoms with E-state index < -0.39 is 0 Å². The van der Waals surface area contributed by atoms with Crippen molar-refractivity contribution in [2.45, 2.75) is 83.6 Å². The van der Waals surface area contributed by atoms with Gasteiger partial charge in [-0.2, -0.15) is 0 Å². The van der Waals surface area contributed by atoms with Gasteiger partial charge in [-0.05, 0) is 93.7 Å². The van der Waals surface area contributed by atoms with E-state index in [2.05, 4.69) is 35.5 Å². The van der Waals surface area contributed by atoms with Gasteiger partial charge in [0.1, 0.15) is 0 Å². The first kappa shape index (κ1) is 24.0. The molecule has 6 rings (SSSR count). The molecule has 1 aromatic rings. The summed E-state index contributed by atoms with van der Waals surface area (Å²) in [5.74, 6) is 3.06. The first-order valence-corrected chi connectivity index (χ1v) is 15.2. The predicted molar refractivity (Wildman–Crippen MR) is 144 cm³/mol. The molecular weight excluding hydrogens is 452 g/mol. The lowest BCUT2D eigenvalue weighted by molar-refractivity contribution is -0.138. The normalized spacial score (nSPS) is 41.4. The average molecular weight is 497 g/mol. The molecule has 0 unspecified atom stereocenters. The molecule has 35 heavy (non-hydrogen) atoms. The molecule has 1 N–H and O–H groups in total. The number of likely N-dealkylation sites (N-methyl/N-ethyl adjacent to an activating group) is 1. The maximum atomic E-state index is 12.4. The van der Waals surface area contributed by atoms with Crippen LogP contribution in [-0.2, 0) is 4.79 Å². The van der Waals surface area contributed by atoms with Crippen molar-refractivity contribution in [3.63, 3.8) is 0 Å². The van der Waals surface area contributed by atoms with Crippen LogP contribution in [0, 0.1) is 28.6 Å². The zero-order valence-electron chi connectivity index (χ0n) is 22.0. The first-order chi connectivity index (χ1) is 16.9. The Labute approximate surface area is 215 Å². The van der Waals surface area contributed by atoms with Gasteiger partial charge in [0.25, 0.3) is 0 Å². The van der Waals surface area contributed by atoms with E-state index in [1.54, 1.807) is 0 Å². The second-order valence-corrected chi connectivity index (χ2v) is 13.6. The maximum Gasteiger partial charge on any atom is 0.246 e. The highest BCUT2D eigenvalue weighted by Gasteiger charge is 2.60. The molecule has 0 aromatic carbocycles. The minimum absolute atomic E-state index is 0.136. The molecule has 0 radical (unpaired) electrons. The number of thiazole rings is 1. The molecule has 2 aliphatic heterocycles. The molecule has 3 saturated carbocycles. The van der Waals surface area contributed by atoms with Crippen molar-refractivity contribution in [1.29, 1.82) is 0 Å². The van der Waals surface area contributed by atoms with Gasteiger partial charge < -0.3 is 15.1 Å². The molecule has 5 nitrogen and oxygen atoms in total. The summed E-state index contributed by atoms with van der Waals surface area (Å²) in [5.41, 5.74) is 1.85. The van der Waals surface area contributed by atoms with Crippen LogP contribution in [0.15, 0.2) is 17.5 Å². The Hall–Kier alpha value is -1.40. The number of nitrogens with zero attached hydrogens (tertiary/aromatic N) is 3. The number of carbonyl (C=O) groups is 1. The van der Waals surface area contributed by atoms with Crippen LogP contribution in [-0.4, -0.2) is 60.0 Å². The largest absolute Gasteiger partial charge is 0.360 e. The van der Waals surface area contributed by atoms with Crippen molar-refractivity contribution in [3.05, 3.63) is 23.2 Å². The number of likely N-dealkylation sites (tertiary alicyclic amines) is 1. The van der Waals surface area contributed by atoms with Crippen molar-refractivity contribution in [1.82, 2.24) is 14.8 Å². The summed E-state index contributed by atoms with van der Waals surface area (Å²) in [5, 5.41) is 7.11. The molecule has 1 amide bonds. The highest BCUT2D eigenvalue weighted by atomic mass is 32.1. The maximum absolute atomic E-state index is 12.4. The van der Waals surface area contributed by atoms with E-state index in [9.17, 15) is 4.79 Å². The molecule has 3 aliphatic carbocycles. The minimum Gasteiger partial charge on any atom is -0.360 e. The van der Waals surface area contributed by atoms with Gasteiger partial charge in [-0.3, -0.25) is 4.79 Å². The van der Waals surface area contributed by atoms with Crippen LogP contribution in [0.1, 0.15) is 83.2 Å². The van der Waals surface area contributed by atoms with Gasteiger partial charge in [0.05, 0.1) is 5.69 Å². The minimum atomic E-state index is 0.136. The summed E-state index contributed by atoms with van der Waals surface area (Å²) in [6.45, 7) is 9.70. The molecule has 0 spiro atoms. The second kappa shape index (κ2) is 9.16. The Morgan fingerprint density at radius 2 is 1.91 bits per heavy atom. The van der Waals surface area contributed by atoms with Crippen LogP contribution in [0.25, 0.3) is 0 Å². The van der Waals surface area contributed by atoms with E-state index in [0.717, 1.165) is 36.5 Å². The standard InChI is InChI=1S/C29H44N4OS/c1-28-13-11-22-20(7-10-25-29(22,2)14-12-26(34)32(25)3)21(28)8-9-23(28)24-19-35-27(31-24)30-15-18-33-16-5-4-6-17-33/h12,14,19-23,25H,4-11,13,15-18H2,1-3H3,(H,30,31)/t20-,21-,22-,23+,25+,28-,29+/m0/s1. The van der Waals surface area contributed by atoms with Crippen LogP contribution in [0.4, 0.5) is 5.13 Å². The predicted octanol–water partition coefficient (Wildman–Crippen LogP) is 5.76. The number of piperidine rings is 1. The topological polar surface area (TPSA) is 48.5 Å². The Kier molecular flexibility index (Phi) is 6.28. The van der Waals surface area contributed by atoms with Crippen LogP contribution in [0.5, 0.6) is 0 Å². The van der Waals surface area contributed by atoms with E-state index in [0.29, 0.717) is 23.3 Å². The van der Waals surface area contributed by atoms with Gasteiger partial charge >= 0.3 is 0 Å². The summed E-state index contributed by atoms with van der Waals surface area (Å²) in [6.07, 6.45) is 15.9. The summed E-state index contributed by atoms with van der Waals surface area (Å²) < 4.78 is 0. The van der Waals surface area contributed by atoms with Crippen LogP contribution in [0.3, 0.4) is 0 Å². The summed E-state index contributed by atoms with van der Waals surface area (Å²) >= 11 is 1.81. The summed E-state index contributed by atoms with van der Waals surface area (Å²) in [6, 6.07) is 0.375. The molecule has 3 heterocycles. The number of nitrogens with one attached hydrogen (secondary N) is 1. The average Bonchev–Trinajstić information content (AvgIpc) is 3.46. The van der Waals surface area contributed by atoms with E-state index in [4.69, 9.17) is 4.98 Å². The molecule has 0 bridgehead atoms. The third kappa shape index (κ3) is 3.98. The lowest BCUT2D eigenvalue weighted by atomic mass is 9.47. The molecule has 1 aromatic heterocycles. The number of amides is 1. The van der Waals surface area contributed by atoms with Crippen molar-refractivity contribution in [3.8, 4) is 0 Å². The van der Waals surface area contributed by atoms with Gasteiger partial charge in [0.15, 0.2) is 5.13 Å². The number of hydrogen-bond acceptors (Lipinski definition) is 5. The molecular formula is C29H44N4OS. The zero-order valence-corrected chi connectivity index (χ0v) is 22.8. The van der Waals surface area contributed by atoms with Gasteiger partial charge in [-0.1, -0.05) is 26.3 Å².